The Bertz CT molecular complexity index is 1070. The lowest BCUT2D eigenvalue weighted by Gasteiger charge is -2.34. The van der Waals surface area contributed by atoms with E-state index in [1.54, 1.807) is 0 Å². The molecule has 2 aliphatic rings. The number of nitrogens with zero attached hydrogens (tertiary/aromatic N) is 1. The molecule has 3 atom stereocenters. The molecule has 0 aromatic heterocycles. The van der Waals surface area contributed by atoms with Crippen LogP contribution in [-0.4, -0.2) is 45.5 Å². The molecule has 0 bridgehead atoms. The van der Waals surface area contributed by atoms with Crippen molar-refractivity contribution in [2.45, 2.75) is 31.1 Å². The van der Waals surface area contributed by atoms with Crippen molar-refractivity contribution in [3.8, 4) is 11.5 Å². The summed E-state index contributed by atoms with van der Waals surface area (Å²) in [5, 5.41) is 0. The normalized spacial score (nSPS) is 23.2. The molecule has 2 aromatic carbocycles. The average molecular weight is 486 g/mol. The van der Waals surface area contributed by atoms with E-state index in [2.05, 4.69) is 4.74 Å². The van der Waals surface area contributed by atoms with Gasteiger partial charge in [0.1, 0.15) is 11.5 Å². The fraction of sp³-hybridized carbons (Fsp3) is 0.478. The third-order valence-corrected chi connectivity index (χ3v) is 7.71. The van der Waals surface area contributed by atoms with Crippen molar-refractivity contribution in [3.63, 3.8) is 0 Å². The quantitative estimate of drug-likeness (QED) is 0.572. The summed E-state index contributed by atoms with van der Waals surface area (Å²) in [5.41, 5.74) is 0.778. The summed E-state index contributed by atoms with van der Waals surface area (Å²) in [4.78, 5) is -0.0940. The number of hydrogen-bond acceptors (Lipinski definition) is 5. The molecule has 0 radical (unpaired) electrons. The molecular formula is C23H26F3NO5S. The largest absolute Gasteiger partial charge is 0.573 e. The Labute approximate surface area is 191 Å². The molecule has 0 spiro atoms. The zero-order chi connectivity index (χ0) is 23.8. The first kappa shape index (κ1) is 23.8. The average Bonchev–Trinajstić information content (AvgIpc) is 3.13. The highest BCUT2D eigenvalue weighted by Crippen LogP contribution is 2.49. The van der Waals surface area contributed by atoms with Gasteiger partial charge in [0.05, 0.1) is 24.2 Å². The van der Waals surface area contributed by atoms with Crippen molar-refractivity contribution in [2.75, 3.05) is 26.4 Å². The second kappa shape index (κ2) is 9.15. The van der Waals surface area contributed by atoms with Gasteiger partial charge in [-0.1, -0.05) is 32.0 Å². The van der Waals surface area contributed by atoms with Crippen LogP contribution in [-0.2, 0) is 14.8 Å². The maximum absolute atomic E-state index is 13.6. The summed E-state index contributed by atoms with van der Waals surface area (Å²) in [5.74, 6) is 0.330. The molecule has 2 aliphatic heterocycles. The predicted molar refractivity (Wildman–Crippen MR) is 114 cm³/mol. The SMILES string of the molecule is CC(C)COC[C@@H]1CN(S(=O)(=O)c2ccc(OC(F)(F)F)cc2)[C@H]2c3ccccc3OC[C@@H]12. The summed E-state index contributed by atoms with van der Waals surface area (Å²) in [6, 6.07) is 11.2. The number of fused-ring (bicyclic) bond motifs is 3. The summed E-state index contributed by atoms with van der Waals surface area (Å²) >= 11 is 0. The van der Waals surface area contributed by atoms with Crippen molar-refractivity contribution in [1.82, 2.24) is 4.31 Å². The van der Waals surface area contributed by atoms with Crippen molar-refractivity contribution in [3.05, 3.63) is 54.1 Å². The lowest BCUT2D eigenvalue weighted by atomic mass is 9.86. The fourth-order valence-corrected chi connectivity index (χ4v) is 6.14. The molecule has 0 aliphatic carbocycles. The zero-order valence-electron chi connectivity index (χ0n) is 18.3. The Morgan fingerprint density at radius 3 is 2.48 bits per heavy atom. The maximum atomic E-state index is 13.6. The standard InChI is InChI=1S/C23H26F3NO5S/c1-15(2)12-30-13-16-11-27(22-19-5-3-4-6-21(19)31-14-20(16)22)33(28,29)18-9-7-17(8-10-18)32-23(24,25)26/h3-10,15-16,20,22H,11-14H2,1-2H3/t16-,20-,22-/m0/s1. The van der Waals surface area contributed by atoms with Gasteiger partial charge in [0.2, 0.25) is 10.0 Å². The molecule has 0 unspecified atom stereocenters. The number of alkyl halides is 3. The number of rotatable bonds is 7. The molecule has 10 heteroatoms. The van der Waals surface area contributed by atoms with Crippen LogP contribution in [0.4, 0.5) is 13.2 Å². The zero-order valence-corrected chi connectivity index (χ0v) is 19.1. The molecule has 33 heavy (non-hydrogen) atoms. The molecule has 0 saturated carbocycles. The smallest absolute Gasteiger partial charge is 0.493 e. The molecule has 180 valence electrons. The first-order valence-corrected chi connectivity index (χ1v) is 12.2. The van der Waals surface area contributed by atoms with Crippen LogP contribution in [0.5, 0.6) is 11.5 Å². The maximum Gasteiger partial charge on any atom is 0.573 e. The summed E-state index contributed by atoms with van der Waals surface area (Å²) < 4.78 is 81.7. The molecular weight excluding hydrogens is 459 g/mol. The van der Waals surface area contributed by atoms with E-state index in [9.17, 15) is 21.6 Å². The molecule has 1 saturated heterocycles. The fourth-order valence-electron chi connectivity index (χ4n) is 4.43. The van der Waals surface area contributed by atoms with Crippen molar-refractivity contribution >= 4 is 10.0 Å². The number of halogens is 3. The molecule has 0 N–H and O–H groups in total. The second-order valence-electron chi connectivity index (χ2n) is 8.74. The van der Waals surface area contributed by atoms with E-state index in [1.807, 2.05) is 38.1 Å². The summed E-state index contributed by atoms with van der Waals surface area (Å²) in [6.45, 7) is 5.64. The van der Waals surface area contributed by atoms with Crippen LogP contribution in [0.15, 0.2) is 53.4 Å². The van der Waals surface area contributed by atoms with Gasteiger partial charge >= 0.3 is 6.36 Å². The predicted octanol–water partition coefficient (Wildman–Crippen LogP) is 4.63. The van der Waals surface area contributed by atoms with Crippen molar-refractivity contribution < 1.29 is 35.8 Å². The van der Waals surface area contributed by atoms with Gasteiger partial charge in [-0.3, -0.25) is 0 Å². The van der Waals surface area contributed by atoms with E-state index in [1.165, 1.54) is 4.31 Å². The molecule has 0 amide bonds. The number of para-hydroxylation sites is 1. The van der Waals surface area contributed by atoms with Gasteiger partial charge in [-0.25, -0.2) is 8.42 Å². The van der Waals surface area contributed by atoms with Gasteiger partial charge < -0.3 is 14.2 Å². The number of ether oxygens (including phenoxy) is 3. The van der Waals surface area contributed by atoms with Gasteiger partial charge in [0, 0.05) is 30.6 Å². The lowest BCUT2D eigenvalue weighted by Crippen LogP contribution is -2.35. The number of benzene rings is 2. The highest BCUT2D eigenvalue weighted by molar-refractivity contribution is 7.89. The molecule has 1 fully saturated rings. The number of hydrogen-bond donors (Lipinski definition) is 0. The molecule has 6 nitrogen and oxygen atoms in total. The van der Waals surface area contributed by atoms with Gasteiger partial charge in [-0.15, -0.1) is 13.2 Å². The minimum Gasteiger partial charge on any atom is -0.493 e. The van der Waals surface area contributed by atoms with Gasteiger partial charge in [0.25, 0.3) is 0 Å². The van der Waals surface area contributed by atoms with Gasteiger partial charge in [0.15, 0.2) is 0 Å². The molecule has 2 heterocycles. The Kier molecular flexibility index (Phi) is 6.61. The van der Waals surface area contributed by atoms with E-state index in [-0.39, 0.29) is 23.3 Å². The Morgan fingerprint density at radius 1 is 1.12 bits per heavy atom. The Hall–Kier alpha value is -2.30. The minimum atomic E-state index is -4.85. The monoisotopic (exact) mass is 485 g/mol. The second-order valence-corrected chi connectivity index (χ2v) is 10.6. The van der Waals surface area contributed by atoms with Crippen molar-refractivity contribution in [1.29, 1.82) is 0 Å². The van der Waals surface area contributed by atoms with E-state index in [4.69, 9.17) is 9.47 Å². The third-order valence-electron chi connectivity index (χ3n) is 5.85. The summed E-state index contributed by atoms with van der Waals surface area (Å²) in [7, 11) is -4.00. The first-order valence-electron chi connectivity index (χ1n) is 10.7. The lowest BCUT2D eigenvalue weighted by molar-refractivity contribution is -0.274. The highest BCUT2D eigenvalue weighted by Gasteiger charge is 2.51. The van der Waals surface area contributed by atoms with Gasteiger partial charge in [-0.05, 0) is 36.2 Å². The van der Waals surface area contributed by atoms with Crippen LogP contribution in [0.3, 0.4) is 0 Å². The van der Waals surface area contributed by atoms with Crippen LogP contribution in [0.1, 0.15) is 25.5 Å². The van der Waals surface area contributed by atoms with Crippen LogP contribution in [0.2, 0.25) is 0 Å². The van der Waals surface area contributed by atoms with E-state index in [0.29, 0.717) is 31.5 Å². The van der Waals surface area contributed by atoms with Gasteiger partial charge in [-0.2, -0.15) is 4.31 Å². The minimum absolute atomic E-state index is 0.0790. The molecule has 4 rings (SSSR count). The van der Waals surface area contributed by atoms with Crippen LogP contribution >= 0.6 is 0 Å². The van der Waals surface area contributed by atoms with E-state index in [0.717, 1.165) is 29.8 Å². The van der Waals surface area contributed by atoms with E-state index >= 15 is 0 Å². The highest BCUT2D eigenvalue weighted by atomic mass is 32.2. The van der Waals surface area contributed by atoms with Crippen molar-refractivity contribution in [2.24, 2.45) is 17.8 Å². The Morgan fingerprint density at radius 2 is 1.82 bits per heavy atom. The van der Waals surface area contributed by atoms with Crippen LogP contribution in [0.25, 0.3) is 0 Å². The van der Waals surface area contributed by atoms with E-state index < -0.39 is 28.2 Å². The third kappa shape index (κ3) is 5.12. The first-order chi connectivity index (χ1) is 15.6. The number of sulfonamides is 1. The van der Waals surface area contributed by atoms with Crippen LogP contribution < -0.4 is 9.47 Å². The topological polar surface area (TPSA) is 65.1 Å². The van der Waals surface area contributed by atoms with Crippen LogP contribution in [0, 0.1) is 17.8 Å². The Balaban J connectivity index is 1.64. The summed E-state index contributed by atoms with van der Waals surface area (Å²) in [6.07, 6.45) is -4.85. The molecule has 2 aromatic rings.